The summed E-state index contributed by atoms with van der Waals surface area (Å²) in [5.74, 6) is 1.77. The lowest BCUT2D eigenvalue weighted by Gasteiger charge is -2.31. The summed E-state index contributed by atoms with van der Waals surface area (Å²) in [5.41, 5.74) is 6.63. The summed E-state index contributed by atoms with van der Waals surface area (Å²) in [7, 11) is 0. The van der Waals surface area contributed by atoms with Crippen molar-refractivity contribution >= 4 is 5.95 Å². The smallest absolute Gasteiger partial charge is 0.225 e. The van der Waals surface area contributed by atoms with E-state index >= 15 is 0 Å². The Kier molecular flexibility index (Phi) is 4.31. The number of hydrogen-bond acceptors (Lipinski definition) is 4. The summed E-state index contributed by atoms with van der Waals surface area (Å²) in [5, 5.41) is 0. The number of rotatable bonds is 4. The summed E-state index contributed by atoms with van der Waals surface area (Å²) in [6.45, 7) is 5.12. The van der Waals surface area contributed by atoms with E-state index in [0.29, 0.717) is 6.54 Å². The molecule has 0 amide bonds. The topological polar surface area (TPSA) is 55.0 Å². The Hall–Kier alpha value is -1.16. The van der Waals surface area contributed by atoms with Gasteiger partial charge in [0.15, 0.2) is 0 Å². The van der Waals surface area contributed by atoms with Gasteiger partial charge < -0.3 is 10.6 Å². The molecule has 1 aliphatic rings. The third kappa shape index (κ3) is 3.16. The maximum Gasteiger partial charge on any atom is 0.225 e. The van der Waals surface area contributed by atoms with Gasteiger partial charge in [-0.05, 0) is 37.3 Å². The first-order valence-electron chi connectivity index (χ1n) is 6.59. The molecule has 1 aromatic rings. The summed E-state index contributed by atoms with van der Waals surface area (Å²) < 4.78 is 0. The molecule has 4 heteroatoms. The highest BCUT2D eigenvalue weighted by molar-refractivity contribution is 5.30. The molecule has 17 heavy (non-hydrogen) atoms. The lowest BCUT2D eigenvalue weighted by molar-refractivity contribution is 0.392. The van der Waals surface area contributed by atoms with Gasteiger partial charge in [-0.2, -0.15) is 0 Å². The predicted octanol–water partition coefficient (Wildman–Crippen LogP) is 1.60. The molecule has 0 aromatic carbocycles. The highest BCUT2D eigenvalue weighted by atomic mass is 15.2. The minimum absolute atomic E-state index is 0.657. The van der Waals surface area contributed by atoms with E-state index in [1.165, 1.54) is 19.3 Å². The first kappa shape index (κ1) is 12.3. The Morgan fingerprint density at radius 1 is 1.29 bits per heavy atom. The van der Waals surface area contributed by atoms with Gasteiger partial charge >= 0.3 is 0 Å². The average molecular weight is 234 g/mol. The van der Waals surface area contributed by atoms with Gasteiger partial charge in [-0.25, -0.2) is 9.97 Å². The highest BCUT2D eigenvalue weighted by Crippen LogP contribution is 2.22. The third-order valence-electron chi connectivity index (χ3n) is 3.60. The van der Waals surface area contributed by atoms with E-state index in [4.69, 9.17) is 5.73 Å². The zero-order chi connectivity index (χ0) is 12.1. The van der Waals surface area contributed by atoms with Crippen molar-refractivity contribution in [2.24, 2.45) is 11.7 Å². The summed E-state index contributed by atoms with van der Waals surface area (Å²) in [6.07, 6.45) is 8.50. The monoisotopic (exact) mass is 234 g/mol. The Morgan fingerprint density at radius 2 is 1.94 bits per heavy atom. The molecule has 0 saturated carbocycles. The molecule has 1 aliphatic heterocycles. The van der Waals surface area contributed by atoms with Crippen molar-refractivity contribution < 1.29 is 0 Å². The Bertz CT molecular complexity index is 328. The zero-order valence-corrected chi connectivity index (χ0v) is 10.6. The van der Waals surface area contributed by atoms with Crippen LogP contribution in [0.2, 0.25) is 0 Å². The standard InChI is InChI=1S/C13H22N4/c1-2-11-4-7-17(8-5-11)13-15-9-12(3-6-14)10-16-13/h9-11H,2-8,14H2,1H3. The third-order valence-corrected chi connectivity index (χ3v) is 3.60. The van der Waals surface area contributed by atoms with Crippen LogP contribution in [0.4, 0.5) is 5.95 Å². The maximum atomic E-state index is 5.51. The lowest BCUT2D eigenvalue weighted by atomic mass is 9.95. The molecule has 2 rings (SSSR count). The van der Waals surface area contributed by atoms with E-state index in [9.17, 15) is 0 Å². The van der Waals surface area contributed by atoms with Crippen LogP contribution in [0.3, 0.4) is 0 Å². The van der Waals surface area contributed by atoms with Gasteiger partial charge in [-0.1, -0.05) is 13.3 Å². The van der Waals surface area contributed by atoms with Crippen LogP contribution in [0, 0.1) is 5.92 Å². The fourth-order valence-electron chi connectivity index (χ4n) is 2.35. The van der Waals surface area contributed by atoms with Crippen molar-refractivity contribution in [1.82, 2.24) is 9.97 Å². The number of nitrogens with two attached hydrogens (primary N) is 1. The van der Waals surface area contributed by atoms with E-state index in [0.717, 1.165) is 36.9 Å². The molecule has 94 valence electrons. The molecular weight excluding hydrogens is 212 g/mol. The first-order chi connectivity index (χ1) is 8.33. The Labute approximate surface area is 103 Å². The van der Waals surface area contributed by atoms with Gasteiger partial charge in [0.25, 0.3) is 0 Å². The second-order valence-corrected chi connectivity index (χ2v) is 4.77. The molecule has 0 aliphatic carbocycles. The second-order valence-electron chi connectivity index (χ2n) is 4.77. The molecule has 2 N–H and O–H groups in total. The fraction of sp³-hybridized carbons (Fsp3) is 0.692. The molecule has 1 fully saturated rings. The van der Waals surface area contributed by atoms with Crippen LogP contribution < -0.4 is 10.6 Å². The number of nitrogens with zero attached hydrogens (tertiary/aromatic N) is 3. The van der Waals surface area contributed by atoms with E-state index in [1.54, 1.807) is 0 Å². The first-order valence-corrected chi connectivity index (χ1v) is 6.59. The van der Waals surface area contributed by atoms with Crippen LogP contribution in [0.1, 0.15) is 31.7 Å². The normalized spacial score (nSPS) is 17.4. The molecule has 0 spiro atoms. The Balaban J connectivity index is 1.94. The SMILES string of the molecule is CCC1CCN(c2ncc(CCN)cn2)CC1. The number of aromatic nitrogens is 2. The lowest BCUT2D eigenvalue weighted by Crippen LogP contribution is -2.34. The molecule has 4 nitrogen and oxygen atoms in total. The Morgan fingerprint density at radius 3 is 2.47 bits per heavy atom. The van der Waals surface area contributed by atoms with Crippen molar-refractivity contribution in [3.63, 3.8) is 0 Å². The molecule has 0 bridgehead atoms. The van der Waals surface area contributed by atoms with Gasteiger partial charge in [0.1, 0.15) is 0 Å². The molecule has 2 heterocycles. The number of anilines is 1. The molecular formula is C13H22N4. The molecule has 0 unspecified atom stereocenters. The van der Waals surface area contributed by atoms with E-state index in [1.807, 2.05) is 12.4 Å². The zero-order valence-electron chi connectivity index (χ0n) is 10.6. The fourth-order valence-corrected chi connectivity index (χ4v) is 2.35. The molecule has 1 saturated heterocycles. The molecule has 0 radical (unpaired) electrons. The summed E-state index contributed by atoms with van der Waals surface area (Å²) in [6, 6.07) is 0. The minimum Gasteiger partial charge on any atom is -0.341 e. The van der Waals surface area contributed by atoms with Gasteiger partial charge in [-0.3, -0.25) is 0 Å². The van der Waals surface area contributed by atoms with Crippen LogP contribution in [-0.4, -0.2) is 29.6 Å². The predicted molar refractivity (Wildman–Crippen MR) is 70.0 cm³/mol. The summed E-state index contributed by atoms with van der Waals surface area (Å²) in [4.78, 5) is 11.2. The summed E-state index contributed by atoms with van der Waals surface area (Å²) >= 11 is 0. The minimum atomic E-state index is 0.657. The largest absolute Gasteiger partial charge is 0.341 e. The number of piperidine rings is 1. The highest BCUT2D eigenvalue weighted by Gasteiger charge is 2.19. The van der Waals surface area contributed by atoms with Gasteiger partial charge in [-0.15, -0.1) is 0 Å². The van der Waals surface area contributed by atoms with Crippen molar-refractivity contribution in [2.75, 3.05) is 24.5 Å². The van der Waals surface area contributed by atoms with Crippen molar-refractivity contribution in [1.29, 1.82) is 0 Å². The van der Waals surface area contributed by atoms with Gasteiger partial charge in [0, 0.05) is 25.5 Å². The van der Waals surface area contributed by atoms with Crippen LogP contribution in [0.5, 0.6) is 0 Å². The van der Waals surface area contributed by atoms with E-state index in [-0.39, 0.29) is 0 Å². The van der Waals surface area contributed by atoms with E-state index < -0.39 is 0 Å². The van der Waals surface area contributed by atoms with Crippen molar-refractivity contribution in [3.8, 4) is 0 Å². The van der Waals surface area contributed by atoms with Crippen molar-refractivity contribution in [2.45, 2.75) is 32.6 Å². The number of hydrogen-bond donors (Lipinski definition) is 1. The quantitative estimate of drug-likeness (QED) is 0.860. The maximum absolute atomic E-state index is 5.51. The van der Waals surface area contributed by atoms with Crippen LogP contribution in [0.25, 0.3) is 0 Å². The van der Waals surface area contributed by atoms with Crippen LogP contribution >= 0.6 is 0 Å². The van der Waals surface area contributed by atoms with Crippen LogP contribution in [0.15, 0.2) is 12.4 Å². The van der Waals surface area contributed by atoms with Gasteiger partial charge in [0.05, 0.1) is 0 Å². The molecule has 0 atom stereocenters. The average Bonchev–Trinajstić information content (AvgIpc) is 2.40. The van der Waals surface area contributed by atoms with E-state index in [2.05, 4.69) is 21.8 Å². The molecule has 1 aromatic heterocycles. The second kappa shape index (κ2) is 5.96. The van der Waals surface area contributed by atoms with Gasteiger partial charge in [0.2, 0.25) is 5.95 Å². The van der Waals surface area contributed by atoms with Crippen molar-refractivity contribution in [3.05, 3.63) is 18.0 Å². The van der Waals surface area contributed by atoms with Crippen LogP contribution in [-0.2, 0) is 6.42 Å².